The number of amides is 1. The summed E-state index contributed by atoms with van der Waals surface area (Å²) in [7, 11) is -3.58. The number of hydrogen-bond acceptors (Lipinski definition) is 7. The summed E-state index contributed by atoms with van der Waals surface area (Å²) in [5.41, 5.74) is 1.18. The van der Waals surface area contributed by atoms with Crippen molar-refractivity contribution in [1.29, 1.82) is 0 Å². The summed E-state index contributed by atoms with van der Waals surface area (Å²) in [6.45, 7) is 1.86. The van der Waals surface area contributed by atoms with Crippen LogP contribution in [0.25, 0.3) is 0 Å². The third kappa shape index (κ3) is 5.82. The molecule has 3 atom stereocenters. The van der Waals surface area contributed by atoms with Gasteiger partial charge in [0.15, 0.2) is 0 Å². The molecule has 9 nitrogen and oxygen atoms in total. The maximum absolute atomic E-state index is 12.4. The molecule has 0 saturated carbocycles. The highest BCUT2D eigenvalue weighted by Gasteiger charge is 2.32. The maximum atomic E-state index is 12.4. The molecule has 0 unspecified atom stereocenters. The predicted octanol–water partition coefficient (Wildman–Crippen LogP) is 0.792. The Hall–Kier alpha value is -2.40. The first-order valence-corrected chi connectivity index (χ1v) is 11.3. The highest BCUT2D eigenvalue weighted by molar-refractivity contribution is 7.89. The van der Waals surface area contributed by atoms with Gasteiger partial charge in [-0.3, -0.25) is 9.78 Å². The van der Waals surface area contributed by atoms with Crippen LogP contribution in [0.2, 0.25) is 0 Å². The van der Waals surface area contributed by atoms with Crippen molar-refractivity contribution in [2.24, 2.45) is 0 Å². The van der Waals surface area contributed by atoms with Crippen molar-refractivity contribution >= 4 is 15.9 Å². The first-order chi connectivity index (χ1) is 14.4. The minimum atomic E-state index is -3.58. The number of nitrogens with one attached hydrogen (secondary N) is 2. The molecule has 1 amide bonds. The van der Waals surface area contributed by atoms with Gasteiger partial charge in [0.25, 0.3) is 5.91 Å². The number of aliphatic hydroxyl groups is 1. The van der Waals surface area contributed by atoms with Gasteiger partial charge in [0.05, 0.1) is 29.8 Å². The van der Waals surface area contributed by atoms with Crippen molar-refractivity contribution in [1.82, 2.24) is 20.0 Å². The molecule has 0 aliphatic carbocycles. The van der Waals surface area contributed by atoms with Crippen LogP contribution >= 0.6 is 0 Å². The molecule has 1 aliphatic rings. The Bertz CT molecular complexity index is 937. The normalized spacial score (nSPS) is 21.9. The van der Waals surface area contributed by atoms with Crippen LogP contribution in [0.3, 0.4) is 0 Å². The second-order valence-electron chi connectivity index (χ2n) is 7.23. The third-order valence-electron chi connectivity index (χ3n) is 5.00. The van der Waals surface area contributed by atoms with E-state index in [1.54, 1.807) is 24.3 Å². The Morgan fingerprint density at radius 2 is 2.00 bits per heavy atom. The number of benzene rings is 1. The minimum Gasteiger partial charge on any atom is -0.394 e. The average Bonchev–Trinajstić information content (AvgIpc) is 2.75. The number of hydrogen-bond donors (Lipinski definition) is 3. The third-order valence-corrected chi connectivity index (χ3v) is 6.47. The van der Waals surface area contributed by atoms with E-state index in [4.69, 9.17) is 4.74 Å². The lowest BCUT2D eigenvalue weighted by Gasteiger charge is -2.36. The number of rotatable bonds is 8. The average molecular weight is 435 g/mol. The standard InChI is InChI=1S/C20H26N4O5S/c1-14-2-5-16(6-3-14)30(27,28)23-9-8-15-4-7-17(19(13-25)29-15)24-20(26)18-12-21-10-11-22-18/h2-3,5-6,10-12,15,17,19,23,25H,4,7-9,13H2,1H3,(H,24,26)/t15-,17+,19+/m1/s1. The molecular weight excluding hydrogens is 408 g/mol. The molecule has 1 aliphatic heterocycles. The van der Waals surface area contributed by atoms with Gasteiger partial charge in [0.2, 0.25) is 10.0 Å². The Morgan fingerprint density at radius 1 is 1.23 bits per heavy atom. The fourth-order valence-electron chi connectivity index (χ4n) is 3.32. The number of aryl methyl sites for hydroxylation is 1. The Labute approximate surface area is 176 Å². The molecule has 0 bridgehead atoms. The fourth-order valence-corrected chi connectivity index (χ4v) is 4.37. The lowest BCUT2D eigenvalue weighted by atomic mass is 9.97. The summed E-state index contributed by atoms with van der Waals surface area (Å²) in [4.78, 5) is 20.3. The second-order valence-corrected chi connectivity index (χ2v) is 8.99. The van der Waals surface area contributed by atoms with E-state index in [2.05, 4.69) is 20.0 Å². The Kier molecular flexibility index (Phi) is 7.48. The first kappa shape index (κ1) is 22.3. The quantitative estimate of drug-likeness (QED) is 0.560. The molecular formula is C20H26N4O5S. The lowest BCUT2D eigenvalue weighted by molar-refractivity contribution is -0.0891. The van der Waals surface area contributed by atoms with Gasteiger partial charge in [-0.2, -0.15) is 0 Å². The summed E-state index contributed by atoms with van der Waals surface area (Å²) in [5.74, 6) is -0.376. The van der Waals surface area contributed by atoms with Crippen LogP contribution in [0, 0.1) is 6.92 Å². The summed E-state index contributed by atoms with van der Waals surface area (Å²) >= 11 is 0. The monoisotopic (exact) mass is 434 g/mol. The SMILES string of the molecule is Cc1ccc(S(=O)(=O)NCC[C@H]2CC[C@H](NC(=O)c3cnccn3)[C@H](CO)O2)cc1. The zero-order chi connectivity index (χ0) is 21.6. The Morgan fingerprint density at radius 3 is 2.67 bits per heavy atom. The molecule has 2 heterocycles. The number of carbonyl (C=O) groups excluding carboxylic acids is 1. The lowest BCUT2D eigenvalue weighted by Crippen LogP contribution is -2.51. The Balaban J connectivity index is 1.49. The van der Waals surface area contributed by atoms with E-state index in [-0.39, 0.29) is 41.8 Å². The molecule has 0 radical (unpaired) electrons. The van der Waals surface area contributed by atoms with Gasteiger partial charge in [0, 0.05) is 18.9 Å². The van der Waals surface area contributed by atoms with Gasteiger partial charge in [-0.05, 0) is 38.3 Å². The molecule has 1 saturated heterocycles. The van der Waals surface area contributed by atoms with Crippen molar-refractivity contribution in [3.63, 3.8) is 0 Å². The number of aliphatic hydroxyl groups excluding tert-OH is 1. The number of aromatic nitrogens is 2. The molecule has 0 spiro atoms. The van der Waals surface area contributed by atoms with Gasteiger partial charge < -0.3 is 15.2 Å². The van der Waals surface area contributed by atoms with Gasteiger partial charge in [0.1, 0.15) is 11.8 Å². The van der Waals surface area contributed by atoms with Gasteiger partial charge in [-0.15, -0.1) is 0 Å². The first-order valence-electron chi connectivity index (χ1n) is 9.78. The highest BCUT2D eigenvalue weighted by atomic mass is 32.2. The van der Waals surface area contributed by atoms with Crippen LogP contribution < -0.4 is 10.0 Å². The van der Waals surface area contributed by atoms with E-state index in [1.165, 1.54) is 18.6 Å². The molecule has 162 valence electrons. The van der Waals surface area contributed by atoms with E-state index in [1.807, 2.05) is 6.92 Å². The molecule has 30 heavy (non-hydrogen) atoms. The fraction of sp³-hybridized carbons (Fsp3) is 0.450. The van der Waals surface area contributed by atoms with Crippen LogP contribution in [0.1, 0.15) is 35.3 Å². The maximum Gasteiger partial charge on any atom is 0.271 e. The minimum absolute atomic E-state index is 0.196. The summed E-state index contributed by atoms with van der Waals surface area (Å²) in [6.07, 6.45) is 5.20. The van der Waals surface area contributed by atoms with Crippen molar-refractivity contribution < 1.29 is 23.1 Å². The van der Waals surface area contributed by atoms with Crippen molar-refractivity contribution in [3.8, 4) is 0 Å². The number of carbonyl (C=O) groups is 1. The zero-order valence-electron chi connectivity index (χ0n) is 16.7. The number of sulfonamides is 1. The second kappa shape index (κ2) is 10.1. The molecule has 3 rings (SSSR count). The van der Waals surface area contributed by atoms with Gasteiger partial charge >= 0.3 is 0 Å². The zero-order valence-corrected chi connectivity index (χ0v) is 17.5. The van der Waals surface area contributed by atoms with Gasteiger partial charge in [-0.25, -0.2) is 18.1 Å². The molecule has 1 aromatic heterocycles. The molecule has 3 N–H and O–H groups in total. The smallest absolute Gasteiger partial charge is 0.271 e. The van der Waals surface area contributed by atoms with Crippen molar-refractivity contribution in [2.45, 2.75) is 49.3 Å². The van der Waals surface area contributed by atoms with Crippen LogP contribution in [0.15, 0.2) is 47.8 Å². The van der Waals surface area contributed by atoms with Crippen molar-refractivity contribution in [3.05, 3.63) is 54.1 Å². The topological polar surface area (TPSA) is 131 Å². The van der Waals surface area contributed by atoms with Crippen LogP contribution in [-0.2, 0) is 14.8 Å². The summed E-state index contributed by atoms with van der Waals surface area (Å²) in [6, 6.07) is 6.28. The number of ether oxygens (including phenoxy) is 1. The van der Waals surface area contributed by atoms with E-state index >= 15 is 0 Å². The van der Waals surface area contributed by atoms with Crippen LogP contribution in [0.4, 0.5) is 0 Å². The highest BCUT2D eigenvalue weighted by Crippen LogP contribution is 2.22. The molecule has 2 aromatic rings. The van der Waals surface area contributed by atoms with E-state index < -0.39 is 16.1 Å². The summed E-state index contributed by atoms with van der Waals surface area (Å²) < 4.78 is 33.2. The largest absolute Gasteiger partial charge is 0.394 e. The van der Waals surface area contributed by atoms with Crippen LogP contribution in [0.5, 0.6) is 0 Å². The molecule has 1 aromatic carbocycles. The molecule has 1 fully saturated rings. The van der Waals surface area contributed by atoms with Crippen LogP contribution in [-0.4, -0.2) is 60.8 Å². The van der Waals surface area contributed by atoms with Gasteiger partial charge in [-0.1, -0.05) is 17.7 Å². The summed E-state index contributed by atoms with van der Waals surface area (Å²) in [5, 5.41) is 12.5. The van der Waals surface area contributed by atoms with E-state index in [0.29, 0.717) is 19.3 Å². The van der Waals surface area contributed by atoms with Crippen molar-refractivity contribution in [2.75, 3.05) is 13.2 Å². The van der Waals surface area contributed by atoms with E-state index in [0.717, 1.165) is 5.56 Å². The molecule has 10 heteroatoms. The van der Waals surface area contributed by atoms with E-state index in [9.17, 15) is 18.3 Å². The number of nitrogens with zero attached hydrogens (tertiary/aromatic N) is 2. The predicted molar refractivity (Wildman–Crippen MR) is 109 cm³/mol.